The van der Waals surface area contributed by atoms with E-state index in [0.29, 0.717) is 16.9 Å². The maximum absolute atomic E-state index is 11.3. The lowest BCUT2D eigenvalue weighted by molar-refractivity contribution is 0.577. The van der Waals surface area contributed by atoms with Crippen LogP contribution >= 0.6 is 11.6 Å². The number of halogens is 1. The van der Waals surface area contributed by atoms with Gasteiger partial charge in [0.05, 0.1) is 18.0 Å². The average molecular weight is 327 g/mol. The molecule has 1 saturated heterocycles. The molecule has 2 aliphatic rings. The minimum Gasteiger partial charge on any atom is -0.370 e. The molecule has 0 amide bonds. The third kappa shape index (κ3) is 2.29. The van der Waals surface area contributed by atoms with Crippen molar-refractivity contribution in [1.29, 1.82) is 0 Å². The molecule has 8 heteroatoms. The molecule has 0 radical (unpaired) electrons. The molecule has 2 aromatic rings. The van der Waals surface area contributed by atoms with Gasteiger partial charge in [-0.2, -0.15) is 5.10 Å². The number of H-pyrrole nitrogens is 1. The van der Waals surface area contributed by atoms with Crippen LogP contribution in [0.2, 0.25) is 5.02 Å². The largest absolute Gasteiger partial charge is 0.370 e. The summed E-state index contributed by atoms with van der Waals surface area (Å²) in [5.74, 6) is 0.779. The van der Waals surface area contributed by atoms with Crippen molar-refractivity contribution in [1.82, 2.24) is 14.9 Å². The minimum atomic E-state index is -3.12. The summed E-state index contributed by atoms with van der Waals surface area (Å²) in [6.45, 7) is 1.69. The molecule has 1 aromatic heterocycles. The van der Waals surface area contributed by atoms with Gasteiger partial charge in [0.15, 0.2) is 0 Å². The third-order valence-electron chi connectivity index (χ3n) is 4.39. The van der Waals surface area contributed by atoms with Crippen LogP contribution in [0.15, 0.2) is 18.3 Å². The van der Waals surface area contributed by atoms with E-state index in [1.165, 1.54) is 6.26 Å². The Morgan fingerprint density at radius 2 is 2.10 bits per heavy atom. The summed E-state index contributed by atoms with van der Waals surface area (Å²) < 4.78 is 25.3. The first-order valence-corrected chi connectivity index (χ1v) is 9.04. The second kappa shape index (κ2) is 4.34. The highest BCUT2D eigenvalue weighted by atomic mass is 35.5. The fourth-order valence-electron chi connectivity index (χ4n) is 3.40. The molecule has 1 saturated carbocycles. The molecule has 0 bridgehead atoms. The summed E-state index contributed by atoms with van der Waals surface area (Å²) in [6.07, 6.45) is 3.02. The van der Waals surface area contributed by atoms with E-state index in [-0.39, 0.29) is 6.04 Å². The maximum atomic E-state index is 11.3. The molecule has 1 aromatic carbocycles. The van der Waals surface area contributed by atoms with E-state index in [1.54, 1.807) is 6.20 Å². The van der Waals surface area contributed by atoms with E-state index in [0.717, 1.165) is 29.7 Å². The van der Waals surface area contributed by atoms with Crippen LogP contribution in [-0.4, -0.2) is 44.0 Å². The van der Waals surface area contributed by atoms with Gasteiger partial charge in [-0.05, 0) is 24.0 Å². The van der Waals surface area contributed by atoms with Crippen LogP contribution in [0.25, 0.3) is 10.9 Å². The van der Waals surface area contributed by atoms with Gasteiger partial charge in [0.1, 0.15) is 0 Å². The Kier molecular flexibility index (Phi) is 2.76. The van der Waals surface area contributed by atoms with Gasteiger partial charge in [0.2, 0.25) is 10.0 Å². The van der Waals surface area contributed by atoms with Crippen LogP contribution in [0.3, 0.4) is 0 Å². The fraction of sp³-hybridized carbons (Fsp3) is 0.462. The van der Waals surface area contributed by atoms with Crippen LogP contribution < -0.4 is 9.62 Å². The number of nitrogens with zero attached hydrogens (tertiary/aromatic N) is 2. The van der Waals surface area contributed by atoms with E-state index >= 15 is 0 Å². The Morgan fingerprint density at radius 1 is 1.38 bits per heavy atom. The van der Waals surface area contributed by atoms with Crippen LogP contribution in [0, 0.1) is 11.8 Å². The number of fused-ring (bicyclic) bond motifs is 2. The van der Waals surface area contributed by atoms with E-state index in [2.05, 4.69) is 19.8 Å². The lowest BCUT2D eigenvalue weighted by Gasteiger charge is -2.23. The quantitative estimate of drug-likeness (QED) is 0.888. The monoisotopic (exact) mass is 326 g/mol. The van der Waals surface area contributed by atoms with E-state index in [4.69, 9.17) is 11.6 Å². The molecule has 3 atom stereocenters. The molecule has 21 heavy (non-hydrogen) atoms. The van der Waals surface area contributed by atoms with E-state index < -0.39 is 10.0 Å². The van der Waals surface area contributed by atoms with Gasteiger partial charge < -0.3 is 4.90 Å². The Bertz CT molecular complexity index is 807. The van der Waals surface area contributed by atoms with Crippen LogP contribution in [-0.2, 0) is 10.0 Å². The van der Waals surface area contributed by atoms with Crippen molar-refractivity contribution >= 4 is 38.2 Å². The highest BCUT2D eigenvalue weighted by Gasteiger charge is 2.56. The summed E-state index contributed by atoms with van der Waals surface area (Å²) in [7, 11) is -3.12. The van der Waals surface area contributed by atoms with Crippen molar-refractivity contribution in [2.24, 2.45) is 11.8 Å². The number of anilines is 1. The molecule has 112 valence electrons. The van der Waals surface area contributed by atoms with Crippen LogP contribution in [0.4, 0.5) is 5.69 Å². The van der Waals surface area contributed by atoms with Crippen LogP contribution in [0.1, 0.15) is 0 Å². The first kappa shape index (κ1) is 13.4. The Hall–Kier alpha value is -1.31. The molecular formula is C13H15ClN4O2S. The van der Waals surface area contributed by atoms with E-state index in [1.807, 2.05) is 12.1 Å². The normalized spacial score (nSPS) is 28.1. The zero-order valence-corrected chi connectivity index (χ0v) is 12.9. The summed E-state index contributed by atoms with van der Waals surface area (Å²) >= 11 is 6.16. The number of sulfonamides is 1. The van der Waals surface area contributed by atoms with Crippen molar-refractivity contribution in [3.63, 3.8) is 0 Å². The fourth-order valence-corrected chi connectivity index (χ4v) is 4.46. The zero-order chi connectivity index (χ0) is 14.8. The van der Waals surface area contributed by atoms with Gasteiger partial charge in [-0.25, -0.2) is 13.1 Å². The Labute approximate surface area is 127 Å². The van der Waals surface area contributed by atoms with Crippen molar-refractivity contribution in [2.75, 3.05) is 24.2 Å². The molecular weight excluding hydrogens is 312 g/mol. The molecule has 1 aliphatic heterocycles. The summed E-state index contributed by atoms with van der Waals surface area (Å²) in [6, 6.07) is 3.90. The number of hydrogen-bond donors (Lipinski definition) is 2. The number of rotatable bonds is 3. The average Bonchev–Trinajstić information content (AvgIpc) is 2.84. The smallest absolute Gasteiger partial charge is 0.208 e. The van der Waals surface area contributed by atoms with Gasteiger partial charge in [-0.1, -0.05) is 11.6 Å². The van der Waals surface area contributed by atoms with E-state index in [9.17, 15) is 8.42 Å². The predicted octanol–water partition coefficient (Wildman–Crippen LogP) is 1.20. The topological polar surface area (TPSA) is 78.1 Å². The van der Waals surface area contributed by atoms with Crippen molar-refractivity contribution in [3.8, 4) is 0 Å². The number of aromatic amines is 1. The first-order chi connectivity index (χ1) is 9.92. The Morgan fingerprint density at radius 3 is 2.76 bits per heavy atom. The second-order valence-corrected chi connectivity index (χ2v) is 8.12. The lowest BCUT2D eigenvalue weighted by atomic mass is 10.2. The van der Waals surface area contributed by atoms with Gasteiger partial charge in [-0.3, -0.25) is 5.10 Å². The number of nitrogens with one attached hydrogen (secondary N) is 2. The summed E-state index contributed by atoms with van der Waals surface area (Å²) in [5.41, 5.74) is 1.99. The molecule has 2 N–H and O–H groups in total. The summed E-state index contributed by atoms with van der Waals surface area (Å²) in [5, 5.41) is 8.72. The lowest BCUT2D eigenvalue weighted by Crippen LogP contribution is -2.34. The summed E-state index contributed by atoms with van der Waals surface area (Å²) in [4.78, 5) is 2.26. The standard InChI is InChI=1S/C13H15ClN4O2S/c1-21(19,20)17-13-9-5-18(6-10(9)13)12-3-7(14)2-11-8(12)4-15-16-11/h2-4,9-10,13,17H,5-6H2,1H3,(H,15,16)/t9-,10+,13-. The maximum Gasteiger partial charge on any atom is 0.208 e. The van der Waals surface area contributed by atoms with Crippen molar-refractivity contribution in [3.05, 3.63) is 23.4 Å². The number of benzene rings is 1. The number of aromatic nitrogens is 2. The highest BCUT2D eigenvalue weighted by molar-refractivity contribution is 7.88. The van der Waals surface area contributed by atoms with Gasteiger partial charge in [0.25, 0.3) is 0 Å². The molecule has 2 fully saturated rings. The molecule has 6 nitrogen and oxygen atoms in total. The molecule has 0 spiro atoms. The predicted molar refractivity (Wildman–Crippen MR) is 82.1 cm³/mol. The van der Waals surface area contributed by atoms with Gasteiger partial charge in [-0.15, -0.1) is 0 Å². The third-order valence-corrected chi connectivity index (χ3v) is 5.30. The number of piperidine rings is 1. The molecule has 1 aliphatic carbocycles. The number of hydrogen-bond acceptors (Lipinski definition) is 4. The van der Waals surface area contributed by atoms with Gasteiger partial charge in [0, 0.05) is 35.2 Å². The van der Waals surface area contributed by atoms with Crippen LogP contribution in [0.5, 0.6) is 0 Å². The van der Waals surface area contributed by atoms with Gasteiger partial charge >= 0.3 is 0 Å². The SMILES string of the molecule is CS(=O)(=O)N[C@@H]1[C@@H]2CN(c3cc(Cl)cc4[nH]ncc34)C[C@@H]21. The molecule has 2 heterocycles. The Balaban J connectivity index is 1.57. The first-order valence-electron chi connectivity index (χ1n) is 6.77. The zero-order valence-electron chi connectivity index (χ0n) is 11.4. The minimum absolute atomic E-state index is 0.0928. The highest BCUT2D eigenvalue weighted by Crippen LogP contribution is 2.48. The van der Waals surface area contributed by atoms with Crippen molar-refractivity contribution in [2.45, 2.75) is 6.04 Å². The van der Waals surface area contributed by atoms with Crippen molar-refractivity contribution < 1.29 is 8.42 Å². The molecule has 0 unspecified atom stereocenters. The molecule has 4 rings (SSSR count). The second-order valence-electron chi connectivity index (χ2n) is 5.90.